The van der Waals surface area contributed by atoms with Crippen molar-refractivity contribution in [3.05, 3.63) is 23.8 Å². The van der Waals surface area contributed by atoms with Crippen molar-refractivity contribution in [1.82, 2.24) is 9.97 Å². The monoisotopic (exact) mass is 172 g/mol. The predicted octanol–water partition coefficient (Wildman–Crippen LogP) is 0.507. The van der Waals surface area contributed by atoms with Gasteiger partial charge in [-0.2, -0.15) is 0 Å². The Labute approximate surface area is 67.0 Å². The number of hydrogen-bond donors (Lipinski definition) is 1. The van der Waals surface area contributed by atoms with E-state index in [1.54, 1.807) is 6.20 Å². The summed E-state index contributed by atoms with van der Waals surface area (Å²) >= 11 is -1.83. The summed E-state index contributed by atoms with van der Waals surface area (Å²) in [5.74, 6) is 0.0489. The van der Waals surface area contributed by atoms with E-state index in [1.807, 2.05) is 6.92 Å². The molecule has 1 rings (SSSR count). The van der Waals surface area contributed by atoms with Crippen LogP contribution in [0.15, 0.2) is 12.4 Å². The standard InChI is InChI=1S/C6H8N2O2S/c1-5-2-8-6(3-7-5)4-11(9)10/h2-3H,4H2,1H3,(H,9,10). The smallest absolute Gasteiger partial charge is 0.159 e. The Morgan fingerprint density at radius 3 is 2.73 bits per heavy atom. The first-order valence-electron chi connectivity index (χ1n) is 3.03. The van der Waals surface area contributed by atoms with Gasteiger partial charge in [-0.1, -0.05) is 0 Å². The topological polar surface area (TPSA) is 63.1 Å². The molecule has 0 aliphatic carbocycles. The third kappa shape index (κ3) is 2.73. The lowest BCUT2D eigenvalue weighted by molar-refractivity contribution is 0.562. The number of nitrogens with zero attached hydrogens (tertiary/aromatic N) is 2. The van der Waals surface area contributed by atoms with E-state index in [9.17, 15) is 4.21 Å². The van der Waals surface area contributed by atoms with Crippen molar-refractivity contribution < 1.29 is 8.76 Å². The lowest BCUT2D eigenvalue weighted by Crippen LogP contribution is -1.97. The molecule has 1 aromatic rings. The van der Waals surface area contributed by atoms with Crippen LogP contribution in [-0.2, 0) is 16.8 Å². The van der Waals surface area contributed by atoms with Crippen LogP contribution in [0.5, 0.6) is 0 Å². The second-order valence-electron chi connectivity index (χ2n) is 2.11. The van der Waals surface area contributed by atoms with Crippen LogP contribution in [0.2, 0.25) is 0 Å². The molecule has 1 unspecified atom stereocenters. The van der Waals surface area contributed by atoms with Crippen LogP contribution < -0.4 is 0 Å². The zero-order valence-corrected chi connectivity index (χ0v) is 6.84. The van der Waals surface area contributed by atoms with E-state index in [0.29, 0.717) is 5.69 Å². The van der Waals surface area contributed by atoms with Gasteiger partial charge in [0.15, 0.2) is 11.1 Å². The second kappa shape index (κ2) is 3.54. The average Bonchev–Trinajstić information content (AvgIpc) is 1.93. The summed E-state index contributed by atoms with van der Waals surface area (Å²) in [7, 11) is 0. The lowest BCUT2D eigenvalue weighted by atomic mass is 10.4. The van der Waals surface area contributed by atoms with Crippen molar-refractivity contribution in [3.8, 4) is 0 Å². The van der Waals surface area contributed by atoms with Crippen LogP contribution in [0.25, 0.3) is 0 Å². The fourth-order valence-electron chi connectivity index (χ4n) is 0.620. The van der Waals surface area contributed by atoms with Gasteiger partial charge in [-0.05, 0) is 6.92 Å². The van der Waals surface area contributed by atoms with E-state index in [4.69, 9.17) is 4.55 Å². The Hall–Kier alpha value is -0.810. The molecule has 0 saturated heterocycles. The Bertz CT molecular complexity index is 260. The van der Waals surface area contributed by atoms with Crippen molar-refractivity contribution in [2.75, 3.05) is 0 Å². The fourth-order valence-corrected chi connectivity index (χ4v) is 1.02. The van der Waals surface area contributed by atoms with Crippen molar-refractivity contribution >= 4 is 11.1 Å². The highest BCUT2D eigenvalue weighted by atomic mass is 32.2. The van der Waals surface area contributed by atoms with E-state index in [1.165, 1.54) is 6.20 Å². The molecule has 0 aliphatic rings. The molecule has 60 valence electrons. The van der Waals surface area contributed by atoms with Crippen LogP contribution in [0, 0.1) is 6.92 Å². The molecule has 4 nitrogen and oxygen atoms in total. The Kier molecular flexibility index (Phi) is 2.67. The van der Waals surface area contributed by atoms with Crippen LogP contribution in [-0.4, -0.2) is 18.7 Å². The van der Waals surface area contributed by atoms with Gasteiger partial charge in [0, 0.05) is 12.4 Å². The quantitative estimate of drug-likeness (QED) is 0.660. The Morgan fingerprint density at radius 1 is 1.55 bits per heavy atom. The molecule has 0 bridgehead atoms. The largest absolute Gasteiger partial charge is 0.306 e. The average molecular weight is 172 g/mol. The van der Waals surface area contributed by atoms with E-state index < -0.39 is 11.1 Å². The number of rotatable bonds is 2. The molecular weight excluding hydrogens is 164 g/mol. The fraction of sp³-hybridized carbons (Fsp3) is 0.333. The van der Waals surface area contributed by atoms with Crippen molar-refractivity contribution in [2.24, 2.45) is 0 Å². The molecule has 11 heavy (non-hydrogen) atoms. The van der Waals surface area contributed by atoms with Crippen molar-refractivity contribution in [1.29, 1.82) is 0 Å². The molecule has 0 saturated carbocycles. The Balaban J connectivity index is 2.74. The predicted molar refractivity (Wildman–Crippen MR) is 41.2 cm³/mol. The van der Waals surface area contributed by atoms with E-state index >= 15 is 0 Å². The summed E-state index contributed by atoms with van der Waals surface area (Å²) in [6.07, 6.45) is 3.08. The van der Waals surface area contributed by atoms with Gasteiger partial charge >= 0.3 is 0 Å². The molecule has 1 N–H and O–H groups in total. The van der Waals surface area contributed by atoms with Gasteiger partial charge < -0.3 is 4.55 Å². The molecule has 0 fully saturated rings. The number of aryl methyl sites for hydroxylation is 1. The van der Waals surface area contributed by atoms with Crippen LogP contribution in [0.4, 0.5) is 0 Å². The van der Waals surface area contributed by atoms with Crippen LogP contribution in [0.1, 0.15) is 11.4 Å². The maximum Gasteiger partial charge on any atom is 0.159 e. The molecule has 5 heteroatoms. The zero-order valence-electron chi connectivity index (χ0n) is 6.02. The Morgan fingerprint density at radius 2 is 2.27 bits per heavy atom. The summed E-state index contributed by atoms with van der Waals surface area (Å²) < 4.78 is 18.8. The maximum atomic E-state index is 10.3. The van der Waals surface area contributed by atoms with Crippen molar-refractivity contribution in [3.63, 3.8) is 0 Å². The van der Waals surface area contributed by atoms with Gasteiger partial charge in [-0.3, -0.25) is 9.97 Å². The molecule has 1 atom stereocenters. The minimum atomic E-state index is -1.83. The minimum Gasteiger partial charge on any atom is -0.306 e. The SMILES string of the molecule is Cc1cnc(CS(=O)O)cn1. The molecule has 0 aromatic carbocycles. The third-order valence-electron chi connectivity index (χ3n) is 1.11. The van der Waals surface area contributed by atoms with Gasteiger partial charge in [0.2, 0.25) is 0 Å². The van der Waals surface area contributed by atoms with Gasteiger partial charge in [0.25, 0.3) is 0 Å². The minimum absolute atomic E-state index is 0.0489. The summed E-state index contributed by atoms with van der Waals surface area (Å²) in [4.78, 5) is 7.83. The first-order chi connectivity index (χ1) is 5.18. The summed E-state index contributed by atoms with van der Waals surface area (Å²) in [6, 6.07) is 0. The molecule has 1 aromatic heterocycles. The highest BCUT2D eigenvalue weighted by molar-refractivity contribution is 7.78. The van der Waals surface area contributed by atoms with Crippen LogP contribution in [0.3, 0.4) is 0 Å². The van der Waals surface area contributed by atoms with Gasteiger partial charge in [-0.25, -0.2) is 4.21 Å². The first-order valence-corrected chi connectivity index (χ1v) is 4.31. The van der Waals surface area contributed by atoms with Gasteiger partial charge in [0.1, 0.15) is 0 Å². The van der Waals surface area contributed by atoms with E-state index in [0.717, 1.165) is 5.69 Å². The van der Waals surface area contributed by atoms with E-state index in [-0.39, 0.29) is 5.75 Å². The molecule has 0 amide bonds. The first kappa shape index (κ1) is 8.29. The van der Waals surface area contributed by atoms with Crippen molar-refractivity contribution in [2.45, 2.75) is 12.7 Å². The molecule has 0 radical (unpaired) electrons. The highest BCUT2D eigenvalue weighted by Gasteiger charge is 1.98. The third-order valence-corrected chi connectivity index (χ3v) is 1.65. The summed E-state index contributed by atoms with van der Waals surface area (Å²) in [6.45, 7) is 1.81. The van der Waals surface area contributed by atoms with Gasteiger partial charge in [0.05, 0.1) is 17.1 Å². The van der Waals surface area contributed by atoms with Gasteiger partial charge in [-0.15, -0.1) is 0 Å². The van der Waals surface area contributed by atoms with Crippen LogP contribution >= 0.6 is 0 Å². The maximum absolute atomic E-state index is 10.3. The molecule has 0 aliphatic heterocycles. The zero-order chi connectivity index (χ0) is 8.27. The summed E-state index contributed by atoms with van der Waals surface area (Å²) in [5.41, 5.74) is 1.34. The molecule has 0 spiro atoms. The highest BCUT2D eigenvalue weighted by Crippen LogP contribution is 1.96. The second-order valence-corrected chi connectivity index (χ2v) is 3.05. The van der Waals surface area contributed by atoms with E-state index in [2.05, 4.69) is 9.97 Å². The molecular formula is C6H8N2O2S. The lowest BCUT2D eigenvalue weighted by Gasteiger charge is -1.94. The number of aromatic nitrogens is 2. The molecule has 1 heterocycles. The summed E-state index contributed by atoms with van der Waals surface area (Å²) in [5, 5.41) is 0. The number of hydrogen-bond acceptors (Lipinski definition) is 3. The normalized spacial score (nSPS) is 12.9.